The summed E-state index contributed by atoms with van der Waals surface area (Å²) in [6.45, 7) is 5.58. The van der Waals surface area contributed by atoms with E-state index in [1.807, 2.05) is 0 Å². The Morgan fingerprint density at radius 2 is 1.69 bits per heavy atom. The summed E-state index contributed by atoms with van der Waals surface area (Å²) in [6, 6.07) is 9.58. The van der Waals surface area contributed by atoms with Crippen molar-refractivity contribution in [3.05, 3.63) is 65.2 Å². The zero-order valence-electron chi connectivity index (χ0n) is 16.3. The third-order valence-electron chi connectivity index (χ3n) is 4.50. The van der Waals surface area contributed by atoms with E-state index in [9.17, 15) is 26.4 Å². The molecule has 158 valence electrons. The second-order valence-electron chi connectivity index (χ2n) is 6.44. The van der Waals surface area contributed by atoms with Gasteiger partial charge in [0, 0.05) is 18.7 Å². The lowest BCUT2D eigenvalue weighted by Crippen LogP contribution is -2.31. The van der Waals surface area contributed by atoms with Gasteiger partial charge < -0.3 is 5.32 Å². The van der Waals surface area contributed by atoms with Gasteiger partial charge in [-0.15, -0.1) is 0 Å². The molecule has 29 heavy (non-hydrogen) atoms. The van der Waals surface area contributed by atoms with Gasteiger partial charge >= 0.3 is 6.18 Å². The molecule has 5 nitrogen and oxygen atoms in total. The predicted octanol–water partition coefficient (Wildman–Crippen LogP) is 4.23. The molecule has 1 unspecified atom stereocenters. The molecule has 2 aromatic carbocycles. The Morgan fingerprint density at radius 1 is 1.07 bits per heavy atom. The molecule has 0 saturated carbocycles. The monoisotopic (exact) mass is 428 g/mol. The Kier molecular flexibility index (Phi) is 7.07. The number of alkyl halides is 3. The van der Waals surface area contributed by atoms with Gasteiger partial charge in [0.1, 0.15) is 0 Å². The average Bonchev–Trinajstić information content (AvgIpc) is 2.68. The summed E-state index contributed by atoms with van der Waals surface area (Å²) >= 11 is 0. The van der Waals surface area contributed by atoms with Crippen LogP contribution in [0, 0.1) is 0 Å². The molecule has 2 rings (SSSR count). The lowest BCUT2D eigenvalue weighted by molar-refractivity contribution is -0.137. The number of hydrogen-bond acceptors (Lipinski definition) is 3. The maximum atomic E-state index is 12.9. The van der Waals surface area contributed by atoms with Crippen LogP contribution in [0.1, 0.15) is 48.3 Å². The molecule has 0 bridgehead atoms. The lowest BCUT2D eigenvalue weighted by Gasteiger charge is -2.19. The van der Waals surface area contributed by atoms with Gasteiger partial charge in [-0.1, -0.05) is 32.0 Å². The topological polar surface area (TPSA) is 66.5 Å². The summed E-state index contributed by atoms with van der Waals surface area (Å²) in [7, 11) is -3.73. The number of carbonyl (C=O) groups excluding carboxylic acids is 1. The fraction of sp³-hybridized carbons (Fsp3) is 0.350. The quantitative estimate of drug-likeness (QED) is 0.718. The van der Waals surface area contributed by atoms with Gasteiger partial charge in [0.05, 0.1) is 16.5 Å². The third kappa shape index (κ3) is 5.36. The molecular formula is C20H23F3N2O3S. The number of carbonyl (C=O) groups is 1. The second kappa shape index (κ2) is 8.96. The van der Waals surface area contributed by atoms with E-state index in [1.165, 1.54) is 40.7 Å². The van der Waals surface area contributed by atoms with Gasteiger partial charge in [-0.2, -0.15) is 17.5 Å². The van der Waals surface area contributed by atoms with Crippen molar-refractivity contribution in [2.24, 2.45) is 0 Å². The summed E-state index contributed by atoms with van der Waals surface area (Å²) in [5, 5.41) is 2.61. The van der Waals surface area contributed by atoms with Crippen LogP contribution in [0.15, 0.2) is 53.4 Å². The minimum absolute atomic E-state index is 0.0134. The summed E-state index contributed by atoms with van der Waals surface area (Å²) in [4.78, 5) is 12.5. The predicted molar refractivity (Wildman–Crippen MR) is 104 cm³/mol. The van der Waals surface area contributed by atoms with E-state index >= 15 is 0 Å². The van der Waals surface area contributed by atoms with Crippen molar-refractivity contribution in [2.75, 3.05) is 13.1 Å². The molecule has 0 aliphatic rings. The fourth-order valence-electron chi connectivity index (χ4n) is 2.86. The van der Waals surface area contributed by atoms with Crippen LogP contribution >= 0.6 is 0 Å². The minimum Gasteiger partial charge on any atom is -0.346 e. The highest BCUT2D eigenvalue weighted by atomic mass is 32.2. The maximum Gasteiger partial charge on any atom is 0.416 e. The number of benzene rings is 2. The Morgan fingerprint density at radius 3 is 2.28 bits per heavy atom. The summed E-state index contributed by atoms with van der Waals surface area (Å²) in [5.41, 5.74) is -0.402. The van der Waals surface area contributed by atoms with Gasteiger partial charge in [-0.25, -0.2) is 8.42 Å². The molecule has 0 heterocycles. The first-order chi connectivity index (χ1) is 13.5. The van der Waals surface area contributed by atoms with E-state index < -0.39 is 33.7 Å². The molecule has 2 aromatic rings. The van der Waals surface area contributed by atoms with Crippen molar-refractivity contribution in [1.29, 1.82) is 0 Å². The minimum atomic E-state index is -4.48. The Hall–Kier alpha value is -2.39. The van der Waals surface area contributed by atoms with Crippen LogP contribution in [-0.2, 0) is 16.2 Å². The summed E-state index contributed by atoms with van der Waals surface area (Å²) in [6.07, 6.45) is -4.48. The molecule has 0 aliphatic heterocycles. The standard InChI is InChI=1S/C20H23F3N2O3S/c1-4-25(5-2)29(27,28)18-11-7-9-16(13-18)19(26)24-14(3)15-8-6-10-17(12-15)20(21,22)23/h6-14H,4-5H2,1-3H3,(H,24,26). The first-order valence-electron chi connectivity index (χ1n) is 9.09. The van der Waals surface area contributed by atoms with Gasteiger partial charge in [0.15, 0.2) is 0 Å². The zero-order chi connectivity index (χ0) is 21.8. The SMILES string of the molecule is CCN(CC)S(=O)(=O)c1cccc(C(=O)NC(C)c2cccc(C(F)(F)F)c2)c1. The highest BCUT2D eigenvalue weighted by Crippen LogP contribution is 2.30. The lowest BCUT2D eigenvalue weighted by atomic mass is 10.0. The fourth-order valence-corrected chi connectivity index (χ4v) is 4.36. The van der Waals surface area contributed by atoms with Crippen molar-refractivity contribution >= 4 is 15.9 Å². The van der Waals surface area contributed by atoms with E-state index in [2.05, 4.69) is 5.32 Å². The number of halogens is 3. The van der Waals surface area contributed by atoms with Crippen LogP contribution in [0.4, 0.5) is 13.2 Å². The van der Waals surface area contributed by atoms with E-state index in [4.69, 9.17) is 0 Å². The first kappa shape index (κ1) is 22.9. The highest BCUT2D eigenvalue weighted by Gasteiger charge is 2.31. The Balaban J connectivity index is 2.24. The highest BCUT2D eigenvalue weighted by molar-refractivity contribution is 7.89. The number of sulfonamides is 1. The maximum absolute atomic E-state index is 12.9. The molecule has 9 heteroatoms. The van der Waals surface area contributed by atoms with E-state index in [0.29, 0.717) is 18.7 Å². The van der Waals surface area contributed by atoms with Gasteiger partial charge in [0.2, 0.25) is 10.0 Å². The summed E-state index contributed by atoms with van der Waals surface area (Å²) in [5.74, 6) is -0.577. The van der Waals surface area contributed by atoms with Crippen LogP contribution < -0.4 is 5.32 Å². The molecule has 0 radical (unpaired) electrons. The van der Waals surface area contributed by atoms with E-state index in [-0.39, 0.29) is 10.5 Å². The zero-order valence-corrected chi connectivity index (χ0v) is 17.1. The molecular weight excluding hydrogens is 405 g/mol. The largest absolute Gasteiger partial charge is 0.416 e. The number of hydrogen-bond donors (Lipinski definition) is 1. The van der Waals surface area contributed by atoms with Crippen LogP contribution in [0.2, 0.25) is 0 Å². The smallest absolute Gasteiger partial charge is 0.346 e. The van der Waals surface area contributed by atoms with Crippen LogP contribution in [-0.4, -0.2) is 31.7 Å². The molecule has 0 spiro atoms. The number of rotatable bonds is 7. The van der Waals surface area contributed by atoms with E-state index in [1.54, 1.807) is 20.8 Å². The average molecular weight is 428 g/mol. The molecule has 0 aliphatic carbocycles. The third-order valence-corrected chi connectivity index (χ3v) is 6.55. The molecule has 0 aromatic heterocycles. The van der Waals surface area contributed by atoms with Gasteiger partial charge in [-0.3, -0.25) is 4.79 Å². The number of nitrogens with zero attached hydrogens (tertiary/aromatic N) is 1. The van der Waals surface area contributed by atoms with Crippen molar-refractivity contribution in [3.8, 4) is 0 Å². The molecule has 1 amide bonds. The van der Waals surface area contributed by atoms with Crippen LogP contribution in [0.3, 0.4) is 0 Å². The van der Waals surface area contributed by atoms with Crippen molar-refractivity contribution < 1.29 is 26.4 Å². The molecule has 1 N–H and O–H groups in total. The summed E-state index contributed by atoms with van der Waals surface area (Å²) < 4.78 is 65.2. The van der Waals surface area contributed by atoms with Gasteiger partial charge in [0.25, 0.3) is 5.91 Å². The van der Waals surface area contributed by atoms with Crippen molar-refractivity contribution in [3.63, 3.8) is 0 Å². The molecule has 0 saturated heterocycles. The van der Waals surface area contributed by atoms with Crippen LogP contribution in [0.5, 0.6) is 0 Å². The van der Waals surface area contributed by atoms with Crippen LogP contribution in [0.25, 0.3) is 0 Å². The molecule has 1 atom stereocenters. The Labute approximate surface area is 168 Å². The molecule has 0 fully saturated rings. The van der Waals surface area contributed by atoms with Gasteiger partial charge in [-0.05, 0) is 42.8 Å². The van der Waals surface area contributed by atoms with Crippen molar-refractivity contribution in [1.82, 2.24) is 9.62 Å². The van der Waals surface area contributed by atoms with E-state index in [0.717, 1.165) is 12.1 Å². The number of amides is 1. The normalized spacial score (nSPS) is 13.3. The number of nitrogens with one attached hydrogen (secondary N) is 1. The van der Waals surface area contributed by atoms with Crippen molar-refractivity contribution in [2.45, 2.75) is 37.9 Å². The second-order valence-corrected chi connectivity index (χ2v) is 8.37. The first-order valence-corrected chi connectivity index (χ1v) is 10.5. The Bertz CT molecular complexity index is 971.